The SMILES string of the molecule is O=C(Cn1nnc(-c2cccc(Cl)c2)n1)Nc1cc([N+](=O)[O-])ccc1F. The highest BCUT2D eigenvalue weighted by Gasteiger charge is 2.15. The summed E-state index contributed by atoms with van der Waals surface area (Å²) in [6.45, 7) is -0.351. The number of carbonyl (C=O) groups is 1. The standard InChI is InChI=1S/C15H10ClFN6O3/c16-10-3-1-2-9(6-10)15-19-21-22(20-15)8-14(24)18-13-7-11(23(25)26)4-5-12(13)17/h1-7H,8H2,(H,18,24). The number of rotatable bonds is 5. The molecule has 11 heteroatoms. The van der Waals surface area contributed by atoms with E-state index in [1.54, 1.807) is 24.3 Å². The molecule has 0 atom stereocenters. The van der Waals surface area contributed by atoms with Crippen LogP contribution in [-0.4, -0.2) is 31.0 Å². The first-order valence-corrected chi connectivity index (χ1v) is 7.58. The summed E-state index contributed by atoms with van der Waals surface area (Å²) in [6, 6.07) is 9.61. The van der Waals surface area contributed by atoms with E-state index in [-0.39, 0.29) is 23.7 Å². The number of hydrogen-bond donors (Lipinski definition) is 1. The van der Waals surface area contributed by atoms with Crippen molar-refractivity contribution >= 4 is 28.9 Å². The molecule has 132 valence electrons. The van der Waals surface area contributed by atoms with Crippen LogP contribution in [0.2, 0.25) is 5.02 Å². The van der Waals surface area contributed by atoms with Gasteiger partial charge in [0.25, 0.3) is 5.69 Å². The molecule has 0 spiro atoms. The Hall–Kier alpha value is -3.40. The number of aromatic nitrogens is 4. The molecule has 0 radical (unpaired) electrons. The summed E-state index contributed by atoms with van der Waals surface area (Å²) < 4.78 is 13.7. The first kappa shape index (κ1) is 17.4. The molecular weight excluding hydrogens is 367 g/mol. The highest BCUT2D eigenvalue weighted by Crippen LogP contribution is 2.21. The lowest BCUT2D eigenvalue weighted by molar-refractivity contribution is -0.384. The third kappa shape index (κ3) is 3.98. The monoisotopic (exact) mass is 376 g/mol. The van der Waals surface area contributed by atoms with Gasteiger partial charge in [0.1, 0.15) is 12.4 Å². The second-order valence-corrected chi connectivity index (χ2v) is 5.56. The van der Waals surface area contributed by atoms with E-state index in [2.05, 4.69) is 20.7 Å². The van der Waals surface area contributed by atoms with Gasteiger partial charge in [-0.15, -0.1) is 10.2 Å². The predicted octanol–water partition coefficient (Wildman–Crippen LogP) is 2.68. The van der Waals surface area contributed by atoms with Crippen LogP contribution in [-0.2, 0) is 11.3 Å². The molecule has 0 unspecified atom stereocenters. The molecule has 1 amide bonds. The van der Waals surface area contributed by atoms with Crippen LogP contribution in [0.5, 0.6) is 0 Å². The minimum absolute atomic E-state index is 0.266. The number of amides is 1. The second-order valence-electron chi connectivity index (χ2n) is 5.12. The van der Waals surface area contributed by atoms with Gasteiger partial charge in [0.15, 0.2) is 0 Å². The average molecular weight is 377 g/mol. The molecule has 2 aromatic carbocycles. The summed E-state index contributed by atoms with van der Waals surface area (Å²) >= 11 is 5.90. The van der Waals surface area contributed by atoms with Crippen LogP contribution in [0.4, 0.5) is 15.8 Å². The van der Waals surface area contributed by atoms with Crippen molar-refractivity contribution in [3.8, 4) is 11.4 Å². The maximum atomic E-state index is 13.7. The van der Waals surface area contributed by atoms with Crippen LogP contribution in [0.15, 0.2) is 42.5 Å². The second kappa shape index (κ2) is 7.23. The summed E-state index contributed by atoms with van der Waals surface area (Å²) in [4.78, 5) is 23.1. The number of nitrogens with zero attached hydrogens (tertiary/aromatic N) is 5. The van der Waals surface area contributed by atoms with Crippen LogP contribution < -0.4 is 5.32 Å². The molecule has 0 aliphatic rings. The number of nitro benzene ring substituents is 1. The Morgan fingerprint density at radius 3 is 2.85 bits per heavy atom. The Labute approximate surface area is 150 Å². The summed E-state index contributed by atoms with van der Waals surface area (Å²) in [5.74, 6) is -1.20. The molecule has 0 saturated heterocycles. The van der Waals surface area contributed by atoms with Crippen molar-refractivity contribution in [2.45, 2.75) is 6.54 Å². The lowest BCUT2D eigenvalue weighted by atomic mass is 10.2. The molecule has 26 heavy (non-hydrogen) atoms. The highest BCUT2D eigenvalue weighted by molar-refractivity contribution is 6.30. The van der Waals surface area contributed by atoms with Crippen molar-refractivity contribution in [2.24, 2.45) is 0 Å². The fourth-order valence-corrected chi connectivity index (χ4v) is 2.28. The van der Waals surface area contributed by atoms with E-state index >= 15 is 0 Å². The number of hydrogen-bond acceptors (Lipinski definition) is 6. The van der Waals surface area contributed by atoms with E-state index in [1.165, 1.54) is 0 Å². The van der Waals surface area contributed by atoms with Gasteiger partial charge in [0.2, 0.25) is 11.7 Å². The molecule has 1 heterocycles. The minimum atomic E-state index is -0.796. The van der Waals surface area contributed by atoms with Gasteiger partial charge in [-0.2, -0.15) is 4.80 Å². The zero-order chi connectivity index (χ0) is 18.7. The van der Waals surface area contributed by atoms with E-state index in [1.807, 2.05) is 0 Å². The predicted molar refractivity (Wildman–Crippen MR) is 89.9 cm³/mol. The molecule has 0 aliphatic heterocycles. The van der Waals surface area contributed by atoms with Crippen molar-refractivity contribution in [2.75, 3.05) is 5.32 Å². The Morgan fingerprint density at radius 2 is 2.12 bits per heavy atom. The van der Waals surface area contributed by atoms with Crippen LogP contribution >= 0.6 is 11.6 Å². The molecular formula is C15H10ClFN6O3. The van der Waals surface area contributed by atoms with Gasteiger partial charge in [-0.3, -0.25) is 14.9 Å². The van der Waals surface area contributed by atoms with Gasteiger partial charge in [0, 0.05) is 22.7 Å². The topological polar surface area (TPSA) is 116 Å². The largest absolute Gasteiger partial charge is 0.322 e. The molecule has 0 saturated carbocycles. The minimum Gasteiger partial charge on any atom is -0.322 e. The van der Waals surface area contributed by atoms with E-state index in [0.29, 0.717) is 10.6 Å². The number of anilines is 1. The number of halogens is 2. The van der Waals surface area contributed by atoms with Gasteiger partial charge in [0.05, 0.1) is 10.6 Å². The lowest BCUT2D eigenvalue weighted by Gasteiger charge is -2.05. The highest BCUT2D eigenvalue weighted by atomic mass is 35.5. The van der Waals surface area contributed by atoms with Crippen molar-refractivity contribution in [3.63, 3.8) is 0 Å². The summed E-state index contributed by atoms with van der Waals surface area (Å²) in [5, 5.41) is 25.1. The Bertz CT molecular complexity index is 993. The maximum absolute atomic E-state index is 13.7. The van der Waals surface area contributed by atoms with E-state index in [0.717, 1.165) is 23.0 Å². The van der Waals surface area contributed by atoms with Crippen LogP contribution in [0.25, 0.3) is 11.4 Å². The number of nitro groups is 1. The van der Waals surface area contributed by atoms with Crippen molar-refractivity contribution in [1.29, 1.82) is 0 Å². The molecule has 1 aromatic heterocycles. The molecule has 1 N–H and O–H groups in total. The van der Waals surface area contributed by atoms with Crippen molar-refractivity contribution in [1.82, 2.24) is 20.2 Å². The average Bonchev–Trinajstić information content (AvgIpc) is 3.05. The number of carbonyl (C=O) groups excluding carboxylic acids is 1. The molecule has 3 rings (SSSR count). The van der Waals surface area contributed by atoms with Gasteiger partial charge >= 0.3 is 0 Å². The first-order chi connectivity index (χ1) is 12.4. The first-order valence-electron chi connectivity index (χ1n) is 7.20. The molecule has 0 fully saturated rings. The molecule has 9 nitrogen and oxygen atoms in total. The van der Waals surface area contributed by atoms with E-state index < -0.39 is 16.6 Å². The Morgan fingerprint density at radius 1 is 1.31 bits per heavy atom. The Kier molecular flexibility index (Phi) is 4.85. The lowest BCUT2D eigenvalue weighted by Crippen LogP contribution is -2.21. The third-order valence-electron chi connectivity index (χ3n) is 3.26. The zero-order valence-electron chi connectivity index (χ0n) is 13.0. The van der Waals surface area contributed by atoms with E-state index in [4.69, 9.17) is 11.6 Å². The zero-order valence-corrected chi connectivity index (χ0v) is 13.7. The van der Waals surface area contributed by atoms with Gasteiger partial charge in [-0.05, 0) is 23.4 Å². The number of non-ortho nitro benzene ring substituents is 1. The van der Waals surface area contributed by atoms with Crippen LogP contribution in [0.3, 0.4) is 0 Å². The fraction of sp³-hybridized carbons (Fsp3) is 0.0667. The van der Waals surface area contributed by atoms with Gasteiger partial charge in [-0.1, -0.05) is 23.7 Å². The smallest absolute Gasteiger partial charge is 0.271 e. The summed E-state index contributed by atoms with van der Waals surface area (Å²) in [5.41, 5.74) is -0.0305. The normalized spacial score (nSPS) is 10.5. The Balaban J connectivity index is 1.71. The summed E-state index contributed by atoms with van der Waals surface area (Å²) in [7, 11) is 0. The fourth-order valence-electron chi connectivity index (χ4n) is 2.09. The van der Waals surface area contributed by atoms with Gasteiger partial charge < -0.3 is 5.32 Å². The maximum Gasteiger partial charge on any atom is 0.271 e. The van der Waals surface area contributed by atoms with Crippen LogP contribution in [0, 0.1) is 15.9 Å². The molecule has 0 aliphatic carbocycles. The molecule has 0 bridgehead atoms. The number of benzene rings is 2. The van der Waals surface area contributed by atoms with Crippen LogP contribution in [0.1, 0.15) is 0 Å². The van der Waals surface area contributed by atoms with Gasteiger partial charge in [-0.25, -0.2) is 4.39 Å². The summed E-state index contributed by atoms with van der Waals surface area (Å²) in [6.07, 6.45) is 0. The quantitative estimate of drug-likeness (QED) is 0.540. The number of nitrogens with one attached hydrogen (secondary N) is 1. The van der Waals surface area contributed by atoms with Crippen molar-refractivity contribution < 1.29 is 14.1 Å². The molecule has 3 aromatic rings. The number of tetrazole rings is 1. The van der Waals surface area contributed by atoms with E-state index in [9.17, 15) is 19.3 Å². The van der Waals surface area contributed by atoms with Crippen molar-refractivity contribution in [3.05, 3.63) is 63.4 Å². The third-order valence-corrected chi connectivity index (χ3v) is 3.49.